The summed E-state index contributed by atoms with van der Waals surface area (Å²) in [6, 6.07) is -0.647. The first-order chi connectivity index (χ1) is 6.99. The highest BCUT2D eigenvalue weighted by atomic mass is 16.2. The topological polar surface area (TPSA) is 84.2 Å². The summed E-state index contributed by atoms with van der Waals surface area (Å²) in [5, 5.41) is 5.47. The zero-order chi connectivity index (χ0) is 11.8. The summed E-state index contributed by atoms with van der Waals surface area (Å²) in [7, 11) is 1.77. The summed E-state index contributed by atoms with van der Waals surface area (Å²) in [5.41, 5.74) is 4.92. The smallest absolute Gasteiger partial charge is 0.312 e. The molecule has 0 unspecified atom stereocenters. The molecule has 0 aromatic heterocycles. The lowest BCUT2D eigenvalue weighted by Crippen LogP contribution is -2.38. The molecule has 0 aromatic carbocycles. The van der Waals surface area contributed by atoms with E-state index in [9.17, 15) is 9.59 Å². The van der Waals surface area contributed by atoms with E-state index in [-0.39, 0.29) is 17.7 Å². The summed E-state index contributed by atoms with van der Waals surface area (Å²) in [4.78, 5) is 22.0. The van der Waals surface area contributed by atoms with Crippen LogP contribution >= 0.6 is 0 Å². The van der Waals surface area contributed by atoms with Crippen LogP contribution in [0.3, 0.4) is 0 Å². The molecule has 0 bridgehead atoms. The molecule has 0 rings (SSSR count). The van der Waals surface area contributed by atoms with E-state index in [4.69, 9.17) is 5.73 Å². The van der Waals surface area contributed by atoms with Crippen LogP contribution in [0.25, 0.3) is 0 Å². The summed E-state index contributed by atoms with van der Waals surface area (Å²) in [6.07, 6.45) is 1.46. The Labute approximate surface area is 90.8 Å². The Morgan fingerprint density at radius 1 is 1.33 bits per heavy atom. The molecule has 0 aromatic rings. The van der Waals surface area contributed by atoms with E-state index < -0.39 is 6.03 Å². The Hall–Kier alpha value is -1.10. The van der Waals surface area contributed by atoms with Crippen LogP contribution in [0.5, 0.6) is 0 Å². The highest BCUT2D eigenvalue weighted by Gasteiger charge is 2.18. The lowest BCUT2D eigenvalue weighted by molar-refractivity contribution is -0.124. The van der Waals surface area contributed by atoms with Gasteiger partial charge in [-0.25, -0.2) is 4.79 Å². The number of urea groups is 1. The number of carbonyl (C=O) groups is 2. The number of nitrogens with one attached hydrogen (secondary N) is 2. The Morgan fingerprint density at radius 2 is 1.93 bits per heavy atom. The highest BCUT2D eigenvalue weighted by Crippen LogP contribution is 2.05. The molecule has 0 spiro atoms. The summed E-state index contributed by atoms with van der Waals surface area (Å²) in [5.74, 6) is 0.239. The van der Waals surface area contributed by atoms with Crippen LogP contribution in [0.1, 0.15) is 26.7 Å². The molecule has 88 valence electrons. The monoisotopic (exact) mass is 215 g/mol. The van der Waals surface area contributed by atoms with Gasteiger partial charge in [0.05, 0.1) is 6.04 Å². The number of nitrogens with two attached hydrogens (primary N) is 1. The molecule has 4 N–H and O–H groups in total. The van der Waals surface area contributed by atoms with Crippen LogP contribution in [-0.4, -0.2) is 31.4 Å². The molecule has 1 atom stereocenters. The van der Waals surface area contributed by atoms with E-state index in [2.05, 4.69) is 10.6 Å². The van der Waals surface area contributed by atoms with Crippen molar-refractivity contribution < 1.29 is 9.59 Å². The molecular weight excluding hydrogens is 194 g/mol. The van der Waals surface area contributed by atoms with Crippen molar-refractivity contribution in [2.45, 2.75) is 32.7 Å². The number of primary amides is 1. The van der Waals surface area contributed by atoms with Crippen molar-refractivity contribution in [1.29, 1.82) is 0 Å². The van der Waals surface area contributed by atoms with Gasteiger partial charge in [0.15, 0.2) is 5.78 Å². The predicted octanol–water partition coefficient (Wildman–Crippen LogP) is 0.248. The van der Waals surface area contributed by atoms with Crippen LogP contribution in [0, 0.1) is 5.92 Å². The Bertz CT molecular complexity index is 217. The van der Waals surface area contributed by atoms with Gasteiger partial charge in [-0.15, -0.1) is 0 Å². The van der Waals surface area contributed by atoms with Gasteiger partial charge in [-0.05, 0) is 19.9 Å². The first-order valence-corrected chi connectivity index (χ1v) is 5.23. The molecule has 5 heteroatoms. The maximum Gasteiger partial charge on any atom is 0.312 e. The molecule has 15 heavy (non-hydrogen) atoms. The molecule has 5 nitrogen and oxygen atoms in total. The molecule has 0 aliphatic heterocycles. The van der Waals surface area contributed by atoms with Crippen molar-refractivity contribution >= 4 is 11.8 Å². The van der Waals surface area contributed by atoms with Crippen LogP contribution < -0.4 is 16.4 Å². The van der Waals surface area contributed by atoms with Crippen LogP contribution in [-0.2, 0) is 4.79 Å². The van der Waals surface area contributed by atoms with E-state index >= 15 is 0 Å². The van der Waals surface area contributed by atoms with Gasteiger partial charge in [-0.3, -0.25) is 4.79 Å². The maximum absolute atomic E-state index is 11.6. The lowest BCUT2D eigenvalue weighted by atomic mass is 9.98. The largest absolute Gasteiger partial charge is 0.352 e. The van der Waals surface area contributed by atoms with Crippen LogP contribution in [0.15, 0.2) is 0 Å². The third-order valence-electron chi connectivity index (χ3n) is 2.23. The fraction of sp³-hybridized carbons (Fsp3) is 0.800. The fourth-order valence-corrected chi connectivity index (χ4v) is 1.35. The number of amides is 2. The second-order valence-electron chi connectivity index (χ2n) is 3.83. The Balaban J connectivity index is 3.80. The van der Waals surface area contributed by atoms with E-state index in [1.54, 1.807) is 7.05 Å². The summed E-state index contributed by atoms with van der Waals surface area (Å²) >= 11 is 0. The van der Waals surface area contributed by atoms with Crippen molar-refractivity contribution in [3.8, 4) is 0 Å². The zero-order valence-corrected chi connectivity index (χ0v) is 9.67. The van der Waals surface area contributed by atoms with E-state index in [0.717, 1.165) is 6.42 Å². The first kappa shape index (κ1) is 13.9. The summed E-state index contributed by atoms with van der Waals surface area (Å²) < 4.78 is 0. The third-order valence-corrected chi connectivity index (χ3v) is 2.23. The van der Waals surface area contributed by atoms with Crippen LogP contribution in [0.2, 0.25) is 0 Å². The number of hydrogen-bond acceptors (Lipinski definition) is 3. The molecule has 0 aliphatic carbocycles. The van der Waals surface area contributed by atoms with Gasteiger partial charge in [0.2, 0.25) is 0 Å². The molecule has 0 fully saturated rings. The second-order valence-corrected chi connectivity index (χ2v) is 3.83. The van der Waals surface area contributed by atoms with E-state index in [1.807, 2.05) is 13.8 Å². The average molecular weight is 215 g/mol. The van der Waals surface area contributed by atoms with Crippen molar-refractivity contribution in [3.05, 3.63) is 0 Å². The molecule has 0 saturated carbocycles. The first-order valence-electron chi connectivity index (χ1n) is 5.23. The third kappa shape index (κ3) is 6.06. The van der Waals surface area contributed by atoms with Gasteiger partial charge >= 0.3 is 6.03 Å². The minimum Gasteiger partial charge on any atom is -0.352 e. The normalized spacial score (nSPS) is 12.5. The molecule has 0 aliphatic rings. The number of Topliss-reactive ketones (excluding diaryl/α,β-unsaturated/α-hetero) is 1. The second kappa shape index (κ2) is 7.23. The molecule has 0 saturated heterocycles. The SMILES string of the molecule is CN[C@@H](CCCNC(N)=O)C(=O)C(C)C. The molecule has 2 amide bonds. The lowest BCUT2D eigenvalue weighted by Gasteiger charge is -2.16. The average Bonchev–Trinajstić information content (AvgIpc) is 2.16. The maximum atomic E-state index is 11.6. The Kier molecular flexibility index (Phi) is 6.70. The van der Waals surface area contributed by atoms with Gasteiger partial charge in [-0.1, -0.05) is 13.8 Å². The molecule has 0 radical (unpaired) electrons. The van der Waals surface area contributed by atoms with Crippen molar-refractivity contribution in [2.75, 3.05) is 13.6 Å². The van der Waals surface area contributed by atoms with Gasteiger partial charge in [0.1, 0.15) is 0 Å². The number of rotatable bonds is 7. The van der Waals surface area contributed by atoms with E-state index in [1.165, 1.54) is 0 Å². The van der Waals surface area contributed by atoms with Crippen molar-refractivity contribution in [3.63, 3.8) is 0 Å². The van der Waals surface area contributed by atoms with E-state index in [0.29, 0.717) is 13.0 Å². The van der Waals surface area contributed by atoms with Gasteiger partial charge < -0.3 is 16.4 Å². The minimum absolute atomic E-state index is 0.0338. The molecular formula is C10H21N3O2. The quantitative estimate of drug-likeness (QED) is 0.532. The highest BCUT2D eigenvalue weighted by molar-refractivity contribution is 5.85. The number of carbonyl (C=O) groups excluding carboxylic acids is 2. The van der Waals surface area contributed by atoms with Gasteiger partial charge in [-0.2, -0.15) is 0 Å². The summed E-state index contributed by atoms with van der Waals surface area (Å²) in [6.45, 7) is 4.28. The number of hydrogen-bond donors (Lipinski definition) is 3. The van der Waals surface area contributed by atoms with Crippen molar-refractivity contribution in [2.24, 2.45) is 11.7 Å². The van der Waals surface area contributed by atoms with Crippen molar-refractivity contribution in [1.82, 2.24) is 10.6 Å². The minimum atomic E-state index is -0.522. The molecule has 0 heterocycles. The zero-order valence-electron chi connectivity index (χ0n) is 9.67. The Morgan fingerprint density at radius 3 is 2.33 bits per heavy atom. The number of likely N-dealkylation sites (N-methyl/N-ethyl adjacent to an activating group) is 1. The predicted molar refractivity (Wildman–Crippen MR) is 59.5 cm³/mol. The standard InChI is InChI=1S/C10H21N3O2/c1-7(2)9(14)8(12-3)5-4-6-13-10(11)15/h7-8,12H,4-6H2,1-3H3,(H3,11,13,15)/t8-/m0/s1. The van der Waals surface area contributed by atoms with Gasteiger partial charge in [0, 0.05) is 12.5 Å². The van der Waals surface area contributed by atoms with Gasteiger partial charge in [0.25, 0.3) is 0 Å². The fourth-order valence-electron chi connectivity index (χ4n) is 1.35. The van der Waals surface area contributed by atoms with Crippen LogP contribution in [0.4, 0.5) is 4.79 Å². The number of ketones is 1.